The van der Waals surface area contributed by atoms with Gasteiger partial charge >= 0.3 is 0 Å². The molecule has 0 aromatic rings. The third-order valence-electron chi connectivity index (χ3n) is 7.33. The second-order valence-corrected chi connectivity index (χ2v) is 8.18. The second-order valence-electron chi connectivity index (χ2n) is 8.18. The monoisotopic (exact) mass is 307 g/mol. The number of nitrogens with zero attached hydrogens (tertiary/aromatic N) is 1. The number of hydrogen-bond donors (Lipinski definition) is 1. The summed E-state index contributed by atoms with van der Waals surface area (Å²) in [5, 5.41) is 10.4. The van der Waals surface area contributed by atoms with E-state index in [1.165, 1.54) is 0 Å². The van der Waals surface area contributed by atoms with E-state index in [0.717, 1.165) is 70.6 Å². The van der Waals surface area contributed by atoms with E-state index in [0.29, 0.717) is 11.9 Å². The highest BCUT2D eigenvalue weighted by Crippen LogP contribution is 2.55. The Labute approximate surface area is 133 Å². The number of hydrogen-bond acceptors (Lipinski definition) is 3. The SMILES string of the molecule is COC12CCC(C(=O)N3C4CCCC(O)C3CC4)(CC1)CC2. The number of ether oxygens (including phenoxy) is 1. The van der Waals surface area contributed by atoms with Crippen LogP contribution in [0.5, 0.6) is 0 Å². The van der Waals surface area contributed by atoms with Crippen LogP contribution in [0.4, 0.5) is 0 Å². The van der Waals surface area contributed by atoms with Crippen LogP contribution in [0.25, 0.3) is 0 Å². The highest BCUT2D eigenvalue weighted by atomic mass is 16.5. The van der Waals surface area contributed by atoms with E-state index in [2.05, 4.69) is 4.90 Å². The van der Waals surface area contributed by atoms with Crippen LogP contribution in [0, 0.1) is 5.41 Å². The molecule has 4 heteroatoms. The minimum atomic E-state index is -0.307. The summed E-state index contributed by atoms with van der Waals surface area (Å²) in [4.78, 5) is 15.6. The molecule has 0 aromatic heterocycles. The predicted octanol–water partition coefficient (Wildman–Crippen LogP) is 2.63. The zero-order valence-electron chi connectivity index (χ0n) is 13.7. The zero-order chi connectivity index (χ0) is 15.4. The maximum Gasteiger partial charge on any atom is 0.229 e. The Balaban J connectivity index is 1.57. The molecule has 2 aliphatic heterocycles. The molecule has 5 aliphatic rings. The van der Waals surface area contributed by atoms with Crippen molar-refractivity contribution in [1.29, 1.82) is 0 Å². The number of carbonyl (C=O) groups is 1. The van der Waals surface area contributed by atoms with Crippen LogP contribution >= 0.6 is 0 Å². The molecular weight excluding hydrogens is 278 g/mol. The molecule has 1 amide bonds. The predicted molar refractivity (Wildman–Crippen MR) is 83.4 cm³/mol. The van der Waals surface area contributed by atoms with Gasteiger partial charge in [-0.15, -0.1) is 0 Å². The van der Waals surface area contributed by atoms with E-state index < -0.39 is 0 Å². The molecule has 5 rings (SSSR count). The summed E-state index contributed by atoms with van der Waals surface area (Å²) in [6.45, 7) is 0. The molecule has 3 aliphatic carbocycles. The summed E-state index contributed by atoms with van der Waals surface area (Å²) in [7, 11) is 1.82. The number of carbonyl (C=O) groups excluding carboxylic acids is 1. The summed E-state index contributed by atoms with van der Waals surface area (Å²) < 4.78 is 5.76. The molecule has 2 saturated heterocycles. The van der Waals surface area contributed by atoms with Crippen LogP contribution in [0.1, 0.15) is 70.6 Å². The molecule has 3 saturated carbocycles. The van der Waals surface area contributed by atoms with Gasteiger partial charge < -0.3 is 14.7 Å². The lowest BCUT2D eigenvalue weighted by Crippen LogP contribution is -2.57. The molecule has 124 valence electrons. The van der Waals surface area contributed by atoms with Crippen molar-refractivity contribution in [3.8, 4) is 0 Å². The van der Waals surface area contributed by atoms with Crippen molar-refractivity contribution in [3.05, 3.63) is 0 Å². The molecule has 2 heterocycles. The van der Waals surface area contributed by atoms with E-state index in [-0.39, 0.29) is 23.2 Å². The van der Waals surface area contributed by atoms with Gasteiger partial charge in [0.1, 0.15) is 0 Å². The molecule has 0 radical (unpaired) electrons. The lowest BCUT2D eigenvalue weighted by atomic mass is 9.58. The first kappa shape index (κ1) is 14.9. The summed E-state index contributed by atoms with van der Waals surface area (Å²) in [5.41, 5.74) is -0.0928. The van der Waals surface area contributed by atoms with Crippen LogP contribution in [-0.2, 0) is 9.53 Å². The van der Waals surface area contributed by atoms with Gasteiger partial charge in [-0.1, -0.05) is 0 Å². The Bertz CT molecular complexity index is 439. The van der Waals surface area contributed by atoms with Gasteiger partial charge in [-0.25, -0.2) is 0 Å². The second kappa shape index (κ2) is 5.20. The van der Waals surface area contributed by atoms with Gasteiger partial charge in [0.05, 0.1) is 17.7 Å². The van der Waals surface area contributed by atoms with Gasteiger partial charge in [-0.05, 0) is 70.6 Å². The van der Waals surface area contributed by atoms with E-state index in [4.69, 9.17) is 4.74 Å². The van der Waals surface area contributed by atoms with Gasteiger partial charge in [0.2, 0.25) is 5.91 Å². The first-order valence-corrected chi connectivity index (χ1v) is 9.15. The van der Waals surface area contributed by atoms with Gasteiger partial charge in [0.25, 0.3) is 0 Å². The Morgan fingerprint density at radius 2 is 1.73 bits per heavy atom. The number of aliphatic hydroxyl groups is 1. The van der Waals surface area contributed by atoms with E-state index in [1.54, 1.807) is 0 Å². The van der Waals surface area contributed by atoms with Crippen LogP contribution in [0.3, 0.4) is 0 Å². The fourth-order valence-electron chi connectivity index (χ4n) is 5.70. The fraction of sp³-hybridized carbons (Fsp3) is 0.944. The Morgan fingerprint density at radius 3 is 2.36 bits per heavy atom. The smallest absolute Gasteiger partial charge is 0.229 e. The number of fused-ring (bicyclic) bond motifs is 5. The lowest BCUT2D eigenvalue weighted by Gasteiger charge is -2.53. The van der Waals surface area contributed by atoms with Gasteiger partial charge in [-0.2, -0.15) is 0 Å². The summed E-state index contributed by atoms with van der Waals surface area (Å²) in [5.74, 6) is 0.366. The largest absolute Gasteiger partial charge is 0.391 e. The molecule has 4 bridgehead atoms. The quantitative estimate of drug-likeness (QED) is 0.853. The third-order valence-corrected chi connectivity index (χ3v) is 7.33. The van der Waals surface area contributed by atoms with Crippen molar-refractivity contribution < 1.29 is 14.6 Å². The van der Waals surface area contributed by atoms with Crippen LogP contribution in [-0.4, -0.2) is 46.8 Å². The molecule has 3 unspecified atom stereocenters. The molecule has 1 N–H and O–H groups in total. The Morgan fingerprint density at radius 1 is 1.05 bits per heavy atom. The number of amides is 1. The molecule has 5 fully saturated rings. The maximum absolute atomic E-state index is 13.5. The van der Waals surface area contributed by atoms with Gasteiger partial charge in [-0.3, -0.25) is 4.79 Å². The van der Waals surface area contributed by atoms with E-state index >= 15 is 0 Å². The summed E-state index contributed by atoms with van der Waals surface area (Å²) in [6, 6.07) is 0.477. The standard InChI is InChI=1S/C18H29NO3/c1-22-18-10-7-17(8-11-18,9-12-18)16(21)19-13-3-2-4-15(20)14(19)6-5-13/h13-15,20H,2-12H2,1H3. The highest BCUT2D eigenvalue weighted by Gasteiger charge is 2.56. The average Bonchev–Trinajstić information content (AvgIpc) is 2.91. The summed E-state index contributed by atoms with van der Waals surface area (Å²) in [6.07, 6.45) is 10.8. The summed E-state index contributed by atoms with van der Waals surface area (Å²) >= 11 is 0. The molecule has 0 spiro atoms. The van der Waals surface area contributed by atoms with Crippen molar-refractivity contribution in [2.45, 2.75) is 94.4 Å². The van der Waals surface area contributed by atoms with Crippen LogP contribution in [0.15, 0.2) is 0 Å². The van der Waals surface area contributed by atoms with Crippen molar-refractivity contribution in [2.24, 2.45) is 5.41 Å². The third kappa shape index (κ3) is 2.06. The van der Waals surface area contributed by atoms with Crippen LogP contribution < -0.4 is 0 Å². The average molecular weight is 307 g/mol. The molecule has 3 atom stereocenters. The first-order chi connectivity index (χ1) is 10.6. The zero-order valence-corrected chi connectivity index (χ0v) is 13.7. The van der Waals surface area contributed by atoms with E-state index in [9.17, 15) is 9.90 Å². The maximum atomic E-state index is 13.5. The Kier molecular flexibility index (Phi) is 3.53. The van der Waals surface area contributed by atoms with Gasteiger partial charge in [0.15, 0.2) is 0 Å². The molecule has 0 aromatic carbocycles. The molecular formula is C18H29NO3. The van der Waals surface area contributed by atoms with Gasteiger partial charge in [0, 0.05) is 18.6 Å². The van der Waals surface area contributed by atoms with Crippen molar-refractivity contribution in [1.82, 2.24) is 4.90 Å². The van der Waals surface area contributed by atoms with Crippen molar-refractivity contribution in [3.63, 3.8) is 0 Å². The van der Waals surface area contributed by atoms with Crippen molar-refractivity contribution in [2.75, 3.05) is 7.11 Å². The molecule has 4 nitrogen and oxygen atoms in total. The first-order valence-electron chi connectivity index (χ1n) is 9.15. The van der Waals surface area contributed by atoms with Crippen molar-refractivity contribution >= 4 is 5.91 Å². The lowest BCUT2D eigenvalue weighted by molar-refractivity contribution is -0.167. The number of aliphatic hydroxyl groups excluding tert-OH is 1. The highest BCUT2D eigenvalue weighted by molar-refractivity contribution is 5.84. The Hall–Kier alpha value is -0.610. The van der Waals surface area contributed by atoms with E-state index in [1.807, 2.05) is 7.11 Å². The molecule has 22 heavy (non-hydrogen) atoms. The number of methoxy groups -OCH3 is 1. The number of rotatable bonds is 2. The minimum Gasteiger partial charge on any atom is -0.391 e. The minimum absolute atomic E-state index is 0.0549. The van der Waals surface area contributed by atoms with Crippen LogP contribution in [0.2, 0.25) is 0 Å². The normalized spacial score (nSPS) is 47.5. The fourth-order valence-corrected chi connectivity index (χ4v) is 5.70. The topological polar surface area (TPSA) is 49.8 Å².